The fourth-order valence-corrected chi connectivity index (χ4v) is 2.45. The molecule has 2 nitrogen and oxygen atoms in total. The molecule has 0 bridgehead atoms. The van der Waals surface area contributed by atoms with Gasteiger partial charge in [-0.3, -0.25) is 0 Å². The zero-order chi connectivity index (χ0) is 16.2. The number of nitrogens with zero attached hydrogens (tertiary/aromatic N) is 1. The van der Waals surface area contributed by atoms with Crippen molar-refractivity contribution in [2.24, 2.45) is 0 Å². The molecule has 3 aromatic rings. The van der Waals surface area contributed by atoms with Crippen LogP contribution in [-0.4, -0.2) is 4.98 Å². The van der Waals surface area contributed by atoms with Crippen LogP contribution in [0.3, 0.4) is 0 Å². The Morgan fingerprint density at radius 3 is 2.13 bits per heavy atom. The lowest BCUT2D eigenvalue weighted by Crippen LogP contribution is -2.07. The Morgan fingerprint density at radius 1 is 0.870 bits per heavy atom. The molecule has 116 valence electrons. The summed E-state index contributed by atoms with van der Waals surface area (Å²) in [5.74, 6) is 0.583. The molecule has 0 saturated heterocycles. The van der Waals surface area contributed by atoms with E-state index in [-0.39, 0.29) is 11.9 Å². The molecular weight excluding hydrogens is 287 g/mol. The van der Waals surface area contributed by atoms with Gasteiger partial charge in [-0.2, -0.15) is 0 Å². The molecule has 1 atom stereocenters. The number of halogens is 1. The average Bonchev–Trinajstić information content (AvgIpc) is 2.57. The molecule has 0 spiro atoms. The van der Waals surface area contributed by atoms with Crippen LogP contribution in [0.1, 0.15) is 24.1 Å². The number of nitrogens with one attached hydrogen (secondary N) is 1. The topological polar surface area (TPSA) is 24.9 Å². The van der Waals surface area contributed by atoms with Crippen molar-refractivity contribution in [3.05, 3.63) is 83.8 Å². The summed E-state index contributed by atoms with van der Waals surface area (Å²) in [5.41, 5.74) is 4.51. The lowest BCUT2D eigenvalue weighted by molar-refractivity contribution is 0.626. The van der Waals surface area contributed by atoms with Gasteiger partial charge in [0.2, 0.25) is 0 Å². The monoisotopic (exact) mass is 306 g/mol. The van der Waals surface area contributed by atoms with E-state index in [1.54, 1.807) is 12.1 Å². The smallest absolute Gasteiger partial charge is 0.126 e. The minimum Gasteiger partial charge on any atom is -0.364 e. The van der Waals surface area contributed by atoms with Crippen LogP contribution < -0.4 is 5.32 Å². The summed E-state index contributed by atoms with van der Waals surface area (Å²) in [6.45, 7) is 4.11. The lowest BCUT2D eigenvalue weighted by atomic mass is 10.1. The zero-order valence-corrected chi connectivity index (χ0v) is 13.3. The van der Waals surface area contributed by atoms with E-state index in [4.69, 9.17) is 0 Å². The molecule has 1 N–H and O–H groups in total. The van der Waals surface area contributed by atoms with Gasteiger partial charge in [0.15, 0.2) is 0 Å². The zero-order valence-electron chi connectivity index (χ0n) is 13.3. The highest BCUT2D eigenvalue weighted by molar-refractivity contribution is 5.64. The van der Waals surface area contributed by atoms with E-state index in [2.05, 4.69) is 47.6 Å². The molecule has 0 amide bonds. The molecule has 0 aliphatic rings. The van der Waals surface area contributed by atoms with Gasteiger partial charge >= 0.3 is 0 Å². The highest BCUT2D eigenvalue weighted by atomic mass is 19.1. The summed E-state index contributed by atoms with van der Waals surface area (Å²) < 4.78 is 13.0. The number of hydrogen-bond acceptors (Lipinski definition) is 2. The Balaban J connectivity index is 1.72. The first kappa shape index (κ1) is 15.2. The number of rotatable bonds is 4. The molecule has 0 radical (unpaired) electrons. The first-order chi connectivity index (χ1) is 11.1. The van der Waals surface area contributed by atoms with Crippen LogP contribution in [0.2, 0.25) is 0 Å². The van der Waals surface area contributed by atoms with Gasteiger partial charge in [0.1, 0.15) is 11.6 Å². The van der Waals surface area contributed by atoms with Crippen molar-refractivity contribution < 1.29 is 4.39 Å². The lowest BCUT2D eigenvalue weighted by Gasteiger charge is -2.15. The van der Waals surface area contributed by atoms with E-state index in [0.29, 0.717) is 0 Å². The second-order valence-corrected chi connectivity index (χ2v) is 5.72. The van der Waals surface area contributed by atoms with Gasteiger partial charge in [-0.25, -0.2) is 9.37 Å². The largest absolute Gasteiger partial charge is 0.364 e. The first-order valence-electron chi connectivity index (χ1n) is 7.67. The van der Waals surface area contributed by atoms with Gasteiger partial charge in [-0.15, -0.1) is 0 Å². The number of benzene rings is 2. The number of aryl methyl sites for hydroxylation is 1. The molecular formula is C20H19FN2. The molecule has 3 rings (SSSR count). The predicted octanol–water partition coefficient (Wildman–Crippen LogP) is 5.37. The third kappa shape index (κ3) is 3.75. The van der Waals surface area contributed by atoms with Crippen molar-refractivity contribution in [3.63, 3.8) is 0 Å². The Hall–Kier alpha value is -2.68. The molecule has 3 heteroatoms. The molecule has 1 aromatic heterocycles. The maximum atomic E-state index is 13.0. The number of pyridine rings is 1. The first-order valence-corrected chi connectivity index (χ1v) is 7.67. The van der Waals surface area contributed by atoms with Crippen LogP contribution in [0.15, 0.2) is 66.9 Å². The van der Waals surface area contributed by atoms with E-state index < -0.39 is 0 Å². The Kier molecular flexibility index (Phi) is 4.38. The summed E-state index contributed by atoms with van der Waals surface area (Å²) in [5, 5.41) is 3.33. The summed E-state index contributed by atoms with van der Waals surface area (Å²) in [7, 11) is 0. The van der Waals surface area contributed by atoms with Gasteiger partial charge in [0.05, 0.1) is 0 Å². The summed E-state index contributed by atoms with van der Waals surface area (Å²) in [4.78, 5) is 4.48. The standard InChI is InChI=1S/C20H19FN2/c1-14-3-5-17(6-4-14)18-9-12-20(22-13-18)23-15(2)16-7-10-19(21)11-8-16/h3-13,15H,1-2H3,(H,22,23). The van der Waals surface area contributed by atoms with Gasteiger partial charge in [-0.1, -0.05) is 42.0 Å². The fraction of sp³-hybridized carbons (Fsp3) is 0.150. The molecule has 0 aliphatic carbocycles. The Morgan fingerprint density at radius 2 is 1.52 bits per heavy atom. The average molecular weight is 306 g/mol. The third-order valence-electron chi connectivity index (χ3n) is 3.88. The SMILES string of the molecule is Cc1ccc(-c2ccc(NC(C)c3ccc(F)cc3)nc2)cc1. The van der Waals surface area contributed by atoms with E-state index in [1.807, 2.05) is 19.2 Å². The molecule has 0 saturated carbocycles. The molecule has 1 unspecified atom stereocenters. The molecule has 23 heavy (non-hydrogen) atoms. The summed E-state index contributed by atoms with van der Waals surface area (Å²) >= 11 is 0. The van der Waals surface area contributed by atoms with Crippen molar-refractivity contribution in [1.29, 1.82) is 0 Å². The predicted molar refractivity (Wildman–Crippen MR) is 92.8 cm³/mol. The quantitative estimate of drug-likeness (QED) is 0.701. The molecule has 1 heterocycles. The minimum absolute atomic E-state index is 0.0633. The van der Waals surface area contributed by atoms with Crippen molar-refractivity contribution >= 4 is 5.82 Å². The van der Waals surface area contributed by atoms with Crippen LogP contribution in [0.4, 0.5) is 10.2 Å². The Bertz CT molecular complexity index is 762. The van der Waals surface area contributed by atoms with Crippen LogP contribution in [0.5, 0.6) is 0 Å². The second kappa shape index (κ2) is 6.61. The highest BCUT2D eigenvalue weighted by Crippen LogP contribution is 2.22. The van der Waals surface area contributed by atoms with E-state index in [0.717, 1.165) is 22.5 Å². The van der Waals surface area contributed by atoms with Crippen molar-refractivity contribution in [2.75, 3.05) is 5.32 Å². The van der Waals surface area contributed by atoms with Crippen molar-refractivity contribution in [1.82, 2.24) is 4.98 Å². The summed E-state index contributed by atoms with van der Waals surface area (Å²) in [6.07, 6.45) is 1.87. The van der Waals surface area contributed by atoms with Gasteiger partial charge in [0.25, 0.3) is 0 Å². The summed E-state index contributed by atoms with van der Waals surface area (Å²) in [6, 6.07) is 19.0. The minimum atomic E-state index is -0.221. The fourth-order valence-electron chi connectivity index (χ4n) is 2.45. The van der Waals surface area contributed by atoms with Crippen molar-refractivity contribution in [2.45, 2.75) is 19.9 Å². The second-order valence-electron chi connectivity index (χ2n) is 5.72. The van der Waals surface area contributed by atoms with Crippen LogP contribution in [-0.2, 0) is 0 Å². The number of anilines is 1. The van der Waals surface area contributed by atoms with Gasteiger partial charge < -0.3 is 5.32 Å². The van der Waals surface area contributed by atoms with E-state index in [9.17, 15) is 4.39 Å². The van der Waals surface area contributed by atoms with Crippen LogP contribution in [0, 0.1) is 12.7 Å². The molecule has 0 fully saturated rings. The number of hydrogen-bond donors (Lipinski definition) is 1. The van der Waals surface area contributed by atoms with E-state index >= 15 is 0 Å². The highest BCUT2D eigenvalue weighted by Gasteiger charge is 2.06. The van der Waals surface area contributed by atoms with Gasteiger partial charge in [0, 0.05) is 17.8 Å². The van der Waals surface area contributed by atoms with Crippen LogP contribution >= 0.6 is 0 Å². The van der Waals surface area contributed by atoms with Crippen LogP contribution in [0.25, 0.3) is 11.1 Å². The maximum absolute atomic E-state index is 13.0. The third-order valence-corrected chi connectivity index (χ3v) is 3.88. The van der Waals surface area contributed by atoms with Crippen molar-refractivity contribution in [3.8, 4) is 11.1 Å². The number of aromatic nitrogens is 1. The van der Waals surface area contributed by atoms with Gasteiger partial charge in [-0.05, 0) is 49.2 Å². The molecule has 0 aliphatic heterocycles. The maximum Gasteiger partial charge on any atom is 0.126 e. The Labute approximate surface area is 136 Å². The normalized spacial score (nSPS) is 12.0. The van der Waals surface area contributed by atoms with E-state index in [1.165, 1.54) is 17.7 Å². The molecule has 2 aromatic carbocycles.